The van der Waals surface area contributed by atoms with Crippen LogP contribution in [0.1, 0.15) is 26.3 Å². The molecule has 0 bridgehead atoms. The average molecular weight is 310 g/mol. The summed E-state index contributed by atoms with van der Waals surface area (Å²) in [6.07, 6.45) is 0. The summed E-state index contributed by atoms with van der Waals surface area (Å²) in [5, 5.41) is 2.74. The van der Waals surface area contributed by atoms with Crippen LogP contribution in [0, 0.1) is 0 Å². The third-order valence-electron chi connectivity index (χ3n) is 3.63. The number of para-hydroxylation sites is 2. The molecule has 0 atom stereocenters. The van der Waals surface area contributed by atoms with Gasteiger partial charge in [-0.2, -0.15) is 0 Å². The van der Waals surface area contributed by atoms with Crippen LogP contribution in [0.25, 0.3) is 0 Å². The lowest BCUT2D eigenvalue weighted by Gasteiger charge is -2.23. The molecule has 0 unspecified atom stereocenters. The number of benzene rings is 2. The first-order valence-corrected chi connectivity index (χ1v) is 7.54. The molecule has 0 aromatic heterocycles. The predicted molar refractivity (Wildman–Crippen MR) is 93.6 cm³/mol. The van der Waals surface area contributed by atoms with Crippen molar-refractivity contribution in [2.75, 3.05) is 17.3 Å². The van der Waals surface area contributed by atoms with Crippen LogP contribution >= 0.6 is 0 Å². The van der Waals surface area contributed by atoms with Gasteiger partial charge in [0, 0.05) is 18.4 Å². The third-order valence-corrected chi connectivity index (χ3v) is 3.63. The zero-order valence-corrected chi connectivity index (χ0v) is 14.0. The van der Waals surface area contributed by atoms with Gasteiger partial charge in [0.05, 0.1) is 0 Å². The number of rotatable bonds is 2. The van der Waals surface area contributed by atoms with Gasteiger partial charge in [-0.3, -0.25) is 9.59 Å². The molecule has 2 aromatic carbocycles. The van der Waals surface area contributed by atoms with Gasteiger partial charge in [-0.1, -0.05) is 57.2 Å². The van der Waals surface area contributed by atoms with Gasteiger partial charge in [-0.05, 0) is 29.2 Å². The highest BCUT2D eigenvalue weighted by atomic mass is 16.2. The molecule has 0 aliphatic rings. The van der Waals surface area contributed by atoms with Crippen LogP contribution in [-0.4, -0.2) is 18.9 Å². The van der Waals surface area contributed by atoms with E-state index in [2.05, 4.69) is 26.1 Å². The van der Waals surface area contributed by atoms with Gasteiger partial charge in [0.25, 0.3) is 0 Å². The highest BCUT2D eigenvalue weighted by molar-refractivity contribution is 6.44. The van der Waals surface area contributed by atoms with Crippen molar-refractivity contribution in [3.8, 4) is 0 Å². The lowest BCUT2D eigenvalue weighted by molar-refractivity contribution is -0.134. The molecule has 0 fully saturated rings. The van der Waals surface area contributed by atoms with E-state index < -0.39 is 11.8 Å². The van der Waals surface area contributed by atoms with E-state index in [0.717, 1.165) is 5.56 Å². The van der Waals surface area contributed by atoms with Crippen molar-refractivity contribution >= 4 is 23.2 Å². The molecular formula is C19H22N2O2. The Labute approximate surface area is 137 Å². The molecule has 120 valence electrons. The van der Waals surface area contributed by atoms with Crippen LogP contribution in [0.5, 0.6) is 0 Å². The van der Waals surface area contributed by atoms with Gasteiger partial charge < -0.3 is 10.2 Å². The first-order valence-electron chi connectivity index (χ1n) is 7.54. The van der Waals surface area contributed by atoms with Crippen molar-refractivity contribution in [3.05, 3.63) is 60.2 Å². The fourth-order valence-electron chi connectivity index (χ4n) is 2.34. The van der Waals surface area contributed by atoms with Crippen molar-refractivity contribution in [2.45, 2.75) is 26.2 Å². The van der Waals surface area contributed by atoms with E-state index in [1.807, 2.05) is 42.5 Å². The summed E-state index contributed by atoms with van der Waals surface area (Å²) in [5.74, 6) is -1.24. The van der Waals surface area contributed by atoms with Crippen LogP contribution < -0.4 is 10.2 Å². The number of amides is 2. The largest absolute Gasteiger partial charge is 0.317 e. The number of carbonyl (C=O) groups is 2. The number of hydrogen-bond donors (Lipinski definition) is 1. The first-order chi connectivity index (χ1) is 10.8. The van der Waals surface area contributed by atoms with Crippen molar-refractivity contribution in [3.63, 3.8) is 0 Å². The molecule has 1 N–H and O–H groups in total. The first kappa shape index (κ1) is 16.7. The second kappa shape index (κ2) is 6.65. The summed E-state index contributed by atoms with van der Waals surface area (Å²) in [4.78, 5) is 26.0. The summed E-state index contributed by atoms with van der Waals surface area (Å²) in [5.41, 5.74) is 2.21. The number of nitrogens with zero attached hydrogens (tertiary/aromatic N) is 1. The highest BCUT2D eigenvalue weighted by Crippen LogP contribution is 2.29. The SMILES string of the molecule is CN(C(=O)C(=O)Nc1ccccc1C(C)(C)C)c1ccccc1. The third kappa shape index (κ3) is 3.97. The monoisotopic (exact) mass is 310 g/mol. The summed E-state index contributed by atoms with van der Waals surface area (Å²) >= 11 is 0. The Balaban J connectivity index is 2.18. The molecule has 0 aliphatic carbocycles. The van der Waals surface area contributed by atoms with Crippen molar-refractivity contribution < 1.29 is 9.59 Å². The fourth-order valence-corrected chi connectivity index (χ4v) is 2.34. The molecule has 2 rings (SSSR count). The van der Waals surface area contributed by atoms with Crippen molar-refractivity contribution in [1.82, 2.24) is 0 Å². The molecule has 4 heteroatoms. The quantitative estimate of drug-likeness (QED) is 0.862. The highest BCUT2D eigenvalue weighted by Gasteiger charge is 2.23. The van der Waals surface area contributed by atoms with Gasteiger partial charge in [-0.25, -0.2) is 0 Å². The topological polar surface area (TPSA) is 49.4 Å². The van der Waals surface area contributed by atoms with Crippen molar-refractivity contribution in [2.24, 2.45) is 0 Å². The maximum absolute atomic E-state index is 12.3. The normalized spacial score (nSPS) is 11.0. The van der Waals surface area contributed by atoms with Crippen LogP contribution in [0.4, 0.5) is 11.4 Å². The Morgan fingerprint density at radius 3 is 2.09 bits per heavy atom. The number of anilines is 2. The van der Waals surface area contributed by atoms with Crippen molar-refractivity contribution in [1.29, 1.82) is 0 Å². The van der Waals surface area contributed by atoms with Crippen LogP contribution in [0.2, 0.25) is 0 Å². The molecule has 0 saturated carbocycles. The Hall–Kier alpha value is -2.62. The van der Waals surface area contributed by atoms with Crippen LogP contribution in [0.15, 0.2) is 54.6 Å². The summed E-state index contributed by atoms with van der Waals surface area (Å²) in [7, 11) is 1.59. The van der Waals surface area contributed by atoms with Crippen LogP contribution in [-0.2, 0) is 15.0 Å². The molecule has 0 radical (unpaired) electrons. The van der Waals surface area contributed by atoms with Gasteiger partial charge in [0.15, 0.2) is 0 Å². The fraction of sp³-hybridized carbons (Fsp3) is 0.263. The molecular weight excluding hydrogens is 288 g/mol. The Kier molecular flexibility index (Phi) is 4.84. The second-order valence-corrected chi connectivity index (χ2v) is 6.45. The summed E-state index contributed by atoms with van der Waals surface area (Å²) in [6.45, 7) is 6.20. The molecule has 0 heterocycles. The van der Waals surface area contributed by atoms with Gasteiger partial charge >= 0.3 is 11.8 Å². The zero-order chi connectivity index (χ0) is 17.0. The molecule has 2 amide bonds. The van der Waals surface area contributed by atoms with Crippen LogP contribution in [0.3, 0.4) is 0 Å². The molecule has 0 saturated heterocycles. The van der Waals surface area contributed by atoms with E-state index in [9.17, 15) is 9.59 Å². The Morgan fingerprint density at radius 2 is 1.48 bits per heavy atom. The molecule has 0 aliphatic heterocycles. The molecule has 23 heavy (non-hydrogen) atoms. The maximum atomic E-state index is 12.3. The predicted octanol–water partition coefficient (Wildman–Crippen LogP) is 3.59. The number of nitrogens with one attached hydrogen (secondary N) is 1. The minimum atomic E-state index is -0.645. The van der Waals surface area contributed by atoms with Gasteiger partial charge in [0.1, 0.15) is 0 Å². The number of likely N-dealkylation sites (N-methyl/N-ethyl adjacent to an activating group) is 1. The van der Waals surface area contributed by atoms with E-state index in [-0.39, 0.29) is 5.41 Å². The van der Waals surface area contributed by atoms with Gasteiger partial charge in [0.2, 0.25) is 0 Å². The van der Waals surface area contributed by atoms with E-state index in [1.54, 1.807) is 19.2 Å². The maximum Gasteiger partial charge on any atom is 0.316 e. The second-order valence-electron chi connectivity index (χ2n) is 6.45. The van der Waals surface area contributed by atoms with E-state index in [0.29, 0.717) is 11.4 Å². The minimum absolute atomic E-state index is 0.127. The molecule has 4 nitrogen and oxygen atoms in total. The average Bonchev–Trinajstić information content (AvgIpc) is 2.53. The standard InChI is InChI=1S/C19H22N2O2/c1-19(2,3)15-12-8-9-13-16(15)20-17(22)18(23)21(4)14-10-6-5-7-11-14/h5-13H,1-4H3,(H,20,22). The summed E-state index contributed by atoms with van der Waals surface area (Å²) in [6, 6.07) is 16.6. The van der Waals surface area contributed by atoms with Gasteiger partial charge in [-0.15, -0.1) is 0 Å². The Morgan fingerprint density at radius 1 is 0.913 bits per heavy atom. The van der Waals surface area contributed by atoms with E-state index >= 15 is 0 Å². The lowest BCUT2D eigenvalue weighted by atomic mass is 9.86. The summed E-state index contributed by atoms with van der Waals surface area (Å²) < 4.78 is 0. The number of carbonyl (C=O) groups excluding carboxylic acids is 2. The zero-order valence-electron chi connectivity index (χ0n) is 14.0. The lowest BCUT2D eigenvalue weighted by Crippen LogP contribution is -2.37. The van der Waals surface area contributed by atoms with E-state index in [1.165, 1.54) is 4.90 Å². The molecule has 0 spiro atoms. The smallest absolute Gasteiger partial charge is 0.316 e. The minimum Gasteiger partial charge on any atom is -0.317 e. The molecule has 2 aromatic rings. The Bertz CT molecular complexity index is 703. The number of hydrogen-bond acceptors (Lipinski definition) is 2. The van der Waals surface area contributed by atoms with E-state index in [4.69, 9.17) is 0 Å².